The van der Waals surface area contributed by atoms with Crippen LogP contribution in [0.3, 0.4) is 0 Å². The van der Waals surface area contributed by atoms with Crippen molar-refractivity contribution in [3.05, 3.63) is 52.3 Å². The van der Waals surface area contributed by atoms with E-state index in [1.54, 1.807) is 18.3 Å². The molecule has 1 aromatic heterocycles. The van der Waals surface area contributed by atoms with Gasteiger partial charge in [0.05, 0.1) is 24.4 Å². The topological polar surface area (TPSA) is 67.2 Å². The van der Waals surface area contributed by atoms with Crippen LogP contribution < -0.4 is 5.32 Å². The van der Waals surface area contributed by atoms with Crippen molar-refractivity contribution in [2.45, 2.75) is 39.3 Å². The van der Waals surface area contributed by atoms with Crippen LogP contribution in [0.2, 0.25) is 5.02 Å². The molecule has 6 heteroatoms. The molecule has 2 rings (SSSR count). The number of aliphatic hydroxyl groups excluding tert-OH is 1. The first-order valence-corrected chi connectivity index (χ1v) is 8.11. The van der Waals surface area contributed by atoms with E-state index in [1.807, 2.05) is 23.7 Å². The van der Waals surface area contributed by atoms with E-state index >= 15 is 0 Å². The predicted octanol–water partition coefficient (Wildman–Crippen LogP) is 2.59. The minimum Gasteiger partial charge on any atom is -0.394 e. The first kappa shape index (κ1) is 17.5. The zero-order valence-corrected chi connectivity index (χ0v) is 14.2. The lowest BCUT2D eigenvalue weighted by atomic mass is 10.1. The first-order chi connectivity index (χ1) is 11.0. The second-order valence-electron chi connectivity index (χ2n) is 5.55. The minimum atomic E-state index is -0.349. The Labute approximate surface area is 141 Å². The molecule has 2 N–H and O–H groups in total. The van der Waals surface area contributed by atoms with Gasteiger partial charge in [0.25, 0.3) is 5.91 Å². The molecule has 1 aromatic carbocycles. The summed E-state index contributed by atoms with van der Waals surface area (Å²) in [4.78, 5) is 12.4. The van der Waals surface area contributed by atoms with Crippen molar-refractivity contribution >= 4 is 17.5 Å². The molecule has 0 bridgehead atoms. The van der Waals surface area contributed by atoms with Gasteiger partial charge in [0.15, 0.2) is 0 Å². The molecule has 0 spiro atoms. The molecular formula is C17H22ClN3O2. The number of nitrogens with one attached hydrogen (secondary N) is 1. The molecule has 1 heterocycles. The monoisotopic (exact) mass is 335 g/mol. The van der Waals surface area contributed by atoms with Gasteiger partial charge in [0.2, 0.25) is 0 Å². The number of benzene rings is 1. The number of hydrogen-bond acceptors (Lipinski definition) is 3. The number of carbonyl (C=O) groups excluding carboxylic acids is 1. The maximum absolute atomic E-state index is 12.4. The van der Waals surface area contributed by atoms with Gasteiger partial charge < -0.3 is 10.4 Å². The Morgan fingerprint density at radius 3 is 2.70 bits per heavy atom. The average molecular weight is 336 g/mol. The first-order valence-electron chi connectivity index (χ1n) is 7.73. The number of carbonyl (C=O) groups is 1. The van der Waals surface area contributed by atoms with Gasteiger partial charge in [-0.3, -0.25) is 9.48 Å². The standard InChI is InChI=1S/C17H22ClN3O2/c1-3-8-21-12(2)16(10-19-21)17(23)20-15(11-22)9-13-4-6-14(18)7-5-13/h4-7,10,15,22H,3,8-9,11H2,1-2H3,(H,20,23)/t15-/m0/s1. The zero-order chi connectivity index (χ0) is 16.8. The van der Waals surface area contributed by atoms with Gasteiger partial charge in [-0.15, -0.1) is 0 Å². The van der Waals surface area contributed by atoms with Crippen LogP contribution in [0, 0.1) is 6.92 Å². The summed E-state index contributed by atoms with van der Waals surface area (Å²) in [5.41, 5.74) is 2.40. The molecule has 5 nitrogen and oxygen atoms in total. The average Bonchev–Trinajstić information content (AvgIpc) is 2.90. The van der Waals surface area contributed by atoms with Crippen molar-refractivity contribution in [3.63, 3.8) is 0 Å². The summed E-state index contributed by atoms with van der Waals surface area (Å²) in [6, 6.07) is 7.03. The fourth-order valence-electron chi connectivity index (χ4n) is 2.44. The molecule has 0 aliphatic heterocycles. The number of hydrogen-bond donors (Lipinski definition) is 2. The van der Waals surface area contributed by atoms with Gasteiger partial charge in [-0.25, -0.2) is 0 Å². The Kier molecular flexibility index (Phi) is 6.19. The van der Waals surface area contributed by atoms with Crippen molar-refractivity contribution in [1.82, 2.24) is 15.1 Å². The minimum absolute atomic E-state index is 0.128. The Bertz CT molecular complexity index is 652. The second-order valence-corrected chi connectivity index (χ2v) is 5.99. The summed E-state index contributed by atoms with van der Waals surface area (Å²) in [5.74, 6) is -0.210. The summed E-state index contributed by atoms with van der Waals surface area (Å²) in [5, 5.41) is 17.3. The van der Waals surface area contributed by atoms with Crippen molar-refractivity contribution in [3.8, 4) is 0 Å². The third kappa shape index (κ3) is 4.56. The normalized spacial score (nSPS) is 12.2. The SMILES string of the molecule is CCCn1ncc(C(=O)N[C@H](CO)Cc2ccc(Cl)cc2)c1C. The van der Waals surface area contributed by atoms with Crippen LogP contribution in [-0.4, -0.2) is 33.4 Å². The van der Waals surface area contributed by atoms with E-state index in [2.05, 4.69) is 17.3 Å². The quantitative estimate of drug-likeness (QED) is 0.817. The summed E-state index contributed by atoms with van der Waals surface area (Å²) in [6.07, 6.45) is 3.08. The van der Waals surface area contributed by atoms with Crippen LogP contribution in [-0.2, 0) is 13.0 Å². The Morgan fingerprint density at radius 1 is 1.39 bits per heavy atom. The lowest BCUT2D eigenvalue weighted by molar-refractivity contribution is 0.0915. The van der Waals surface area contributed by atoms with Crippen LogP contribution in [0.5, 0.6) is 0 Å². The Hall–Kier alpha value is -1.85. The Morgan fingerprint density at radius 2 is 2.09 bits per heavy atom. The third-order valence-electron chi connectivity index (χ3n) is 3.73. The maximum Gasteiger partial charge on any atom is 0.255 e. The van der Waals surface area contributed by atoms with Crippen LogP contribution in [0.1, 0.15) is 35.0 Å². The van der Waals surface area contributed by atoms with Crippen LogP contribution in [0.4, 0.5) is 0 Å². The molecule has 0 saturated carbocycles. The zero-order valence-electron chi connectivity index (χ0n) is 13.4. The van der Waals surface area contributed by atoms with E-state index in [0.717, 1.165) is 24.2 Å². The van der Waals surface area contributed by atoms with Gasteiger partial charge in [-0.05, 0) is 37.5 Å². The van der Waals surface area contributed by atoms with Crippen LogP contribution >= 0.6 is 11.6 Å². The highest BCUT2D eigenvalue weighted by Gasteiger charge is 2.18. The molecule has 0 unspecified atom stereocenters. The number of aryl methyl sites for hydroxylation is 1. The van der Waals surface area contributed by atoms with Gasteiger partial charge in [-0.2, -0.15) is 5.10 Å². The number of aliphatic hydroxyl groups is 1. The lowest BCUT2D eigenvalue weighted by Crippen LogP contribution is -2.39. The molecule has 124 valence electrons. The summed E-state index contributed by atoms with van der Waals surface area (Å²) < 4.78 is 1.82. The van der Waals surface area contributed by atoms with Gasteiger partial charge in [0, 0.05) is 17.3 Å². The number of nitrogens with zero attached hydrogens (tertiary/aromatic N) is 2. The highest BCUT2D eigenvalue weighted by atomic mass is 35.5. The Balaban J connectivity index is 2.03. The van der Waals surface area contributed by atoms with Gasteiger partial charge >= 0.3 is 0 Å². The summed E-state index contributed by atoms with van der Waals surface area (Å²) in [7, 11) is 0. The van der Waals surface area contributed by atoms with Gasteiger partial charge in [0.1, 0.15) is 0 Å². The fraction of sp³-hybridized carbons (Fsp3) is 0.412. The van der Waals surface area contributed by atoms with Gasteiger partial charge in [-0.1, -0.05) is 30.7 Å². The number of amides is 1. The fourth-order valence-corrected chi connectivity index (χ4v) is 2.56. The van der Waals surface area contributed by atoms with E-state index < -0.39 is 0 Å². The van der Waals surface area contributed by atoms with Crippen molar-refractivity contribution in [2.75, 3.05) is 6.61 Å². The molecule has 23 heavy (non-hydrogen) atoms. The van der Waals surface area contributed by atoms with E-state index in [9.17, 15) is 9.90 Å². The van der Waals surface area contributed by atoms with Crippen molar-refractivity contribution < 1.29 is 9.90 Å². The number of aromatic nitrogens is 2. The molecule has 2 aromatic rings. The maximum atomic E-state index is 12.4. The lowest BCUT2D eigenvalue weighted by Gasteiger charge is -2.16. The van der Waals surface area contributed by atoms with E-state index in [-0.39, 0.29) is 18.6 Å². The molecule has 0 saturated heterocycles. The van der Waals surface area contributed by atoms with E-state index in [4.69, 9.17) is 11.6 Å². The van der Waals surface area contributed by atoms with Crippen molar-refractivity contribution in [2.24, 2.45) is 0 Å². The highest BCUT2D eigenvalue weighted by Crippen LogP contribution is 2.12. The highest BCUT2D eigenvalue weighted by molar-refractivity contribution is 6.30. The molecular weight excluding hydrogens is 314 g/mol. The second kappa shape index (κ2) is 8.13. The summed E-state index contributed by atoms with van der Waals surface area (Å²) in [6.45, 7) is 4.60. The number of rotatable bonds is 7. The third-order valence-corrected chi connectivity index (χ3v) is 3.99. The molecule has 0 aliphatic rings. The molecule has 0 fully saturated rings. The van der Waals surface area contributed by atoms with Crippen LogP contribution in [0.25, 0.3) is 0 Å². The molecule has 0 aliphatic carbocycles. The van der Waals surface area contributed by atoms with E-state index in [0.29, 0.717) is 17.0 Å². The van der Waals surface area contributed by atoms with Crippen molar-refractivity contribution in [1.29, 1.82) is 0 Å². The van der Waals surface area contributed by atoms with E-state index in [1.165, 1.54) is 0 Å². The largest absolute Gasteiger partial charge is 0.394 e. The number of halogens is 1. The molecule has 1 atom stereocenters. The van der Waals surface area contributed by atoms with Crippen LogP contribution in [0.15, 0.2) is 30.5 Å². The molecule has 0 radical (unpaired) electrons. The predicted molar refractivity (Wildman–Crippen MR) is 90.8 cm³/mol. The summed E-state index contributed by atoms with van der Waals surface area (Å²) >= 11 is 5.86. The molecule has 1 amide bonds. The smallest absolute Gasteiger partial charge is 0.255 e.